The van der Waals surface area contributed by atoms with Crippen LogP contribution in [0.1, 0.15) is 5.56 Å². The summed E-state index contributed by atoms with van der Waals surface area (Å²) in [4.78, 5) is 15.2. The van der Waals surface area contributed by atoms with Gasteiger partial charge in [-0.3, -0.25) is 4.57 Å². The van der Waals surface area contributed by atoms with Gasteiger partial charge in [0.2, 0.25) is 0 Å². The third-order valence-electron chi connectivity index (χ3n) is 2.40. The monoisotopic (exact) mass is 308 g/mol. The summed E-state index contributed by atoms with van der Waals surface area (Å²) in [7, 11) is 0. The van der Waals surface area contributed by atoms with E-state index in [2.05, 4.69) is 20.9 Å². The second-order valence-corrected chi connectivity index (χ2v) is 4.83. The van der Waals surface area contributed by atoms with Gasteiger partial charge in [-0.1, -0.05) is 15.9 Å². The van der Waals surface area contributed by atoms with Crippen molar-refractivity contribution in [3.05, 3.63) is 57.2 Å². The van der Waals surface area contributed by atoms with E-state index in [1.165, 1.54) is 0 Å². The zero-order valence-electron chi connectivity index (χ0n) is 9.97. The van der Waals surface area contributed by atoms with Gasteiger partial charge in [0.1, 0.15) is 12.4 Å². The van der Waals surface area contributed by atoms with Gasteiger partial charge in [-0.25, -0.2) is 9.78 Å². The second kappa shape index (κ2) is 5.82. The fourth-order valence-electron chi connectivity index (χ4n) is 1.52. The standard InChI is InChI=1S/C13H13BrN2O2/c1-10-8-15-13(17)16(9-10)6-7-18-12-4-2-11(14)3-5-12/h2-5,8-9H,6-7H2,1H3. The summed E-state index contributed by atoms with van der Waals surface area (Å²) in [5.41, 5.74) is 0.707. The summed E-state index contributed by atoms with van der Waals surface area (Å²) in [5.74, 6) is 0.784. The Labute approximate surface area is 113 Å². The van der Waals surface area contributed by atoms with Gasteiger partial charge in [-0.15, -0.1) is 0 Å². The molecule has 18 heavy (non-hydrogen) atoms. The van der Waals surface area contributed by atoms with Gasteiger partial charge in [0, 0.05) is 16.9 Å². The molecule has 0 aliphatic heterocycles. The molecule has 94 valence electrons. The number of hydrogen-bond acceptors (Lipinski definition) is 3. The molecule has 5 heteroatoms. The van der Waals surface area contributed by atoms with Crippen molar-refractivity contribution >= 4 is 15.9 Å². The van der Waals surface area contributed by atoms with Crippen molar-refractivity contribution in [2.75, 3.05) is 6.61 Å². The zero-order valence-corrected chi connectivity index (χ0v) is 11.6. The average Bonchev–Trinajstić information content (AvgIpc) is 2.36. The van der Waals surface area contributed by atoms with E-state index in [9.17, 15) is 4.79 Å². The first-order valence-electron chi connectivity index (χ1n) is 5.56. The molecule has 0 saturated heterocycles. The average molecular weight is 309 g/mol. The van der Waals surface area contributed by atoms with Gasteiger partial charge in [-0.05, 0) is 36.8 Å². The summed E-state index contributed by atoms with van der Waals surface area (Å²) in [6.45, 7) is 2.83. The molecule has 0 bridgehead atoms. The van der Waals surface area contributed by atoms with Crippen LogP contribution in [0, 0.1) is 6.92 Å². The summed E-state index contributed by atoms with van der Waals surface area (Å²) in [5, 5.41) is 0. The fraction of sp³-hybridized carbons (Fsp3) is 0.231. The van der Waals surface area contributed by atoms with Crippen LogP contribution in [0.3, 0.4) is 0 Å². The highest BCUT2D eigenvalue weighted by Crippen LogP contribution is 2.15. The van der Waals surface area contributed by atoms with E-state index in [-0.39, 0.29) is 5.69 Å². The molecule has 0 spiro atoms. The van der Waals surface area contributed by atoms with Crippen LogP contribution in [0.15, 0.2) is 45.9 Å². The molecule has 0 radical (unpaired) electrons. The lowest BCUT2D eigenvalue weighted by Crippen LogP contribution is -2.25. The molecule has 1 aromatic heterocycles. The third kappa shape index (κ3) is 3.43. The summed E-state index contributed by atoms with van der Waals surface area (Å²) >= 11 is 3.36. The number of hydrogen-bond donors (Lipinski definition) is 0. The smallest absolute Gasteiger partial charge is 0.347 e. The highest BCUT2D eigenvalue weighted by Gasteiger charge is 1.98. The van der Waals surface area contributed by atoms with Gasteiger partial charge in [-0.2, -0.15) is 0 Å². The normalized spacial score (nSPS) is 10.3. The Morgan fingerprint density at radius 3 is 2.78 bits per heavy atom. The minimum atomic E-state index is -0.250. The van der Waals surface area contributed by atoms with Gasteiger partial charge in [0.25, 0.3) is 0 Å². The highest BCUT2D eigenvalue weighted by atomic mass is 79.9. The molecule has 2 rings (SSSR count). The Morgan fingerprint density at radius 1 is 1.33 bits per heavy atom. The number of aryl methyl sites for hydroxylation is 1. The first-order chi connectivity index (χ1) is 8.65. The lowest BCUT2D eigenvalue weighted by molar-refractivity contribution is 0.295. The maximum Gasteiger partial charge on any atom is 0.347 e. The van der Waals surface area contributed by atoms with Crippen molar-refractivity contribution in [1.29, 1.82) is 0 Å². The van der Waals surface area contributed by atoms with Gasteiger partial charge in [0.15, 0.2) is 0 Å². The van der Waals surface area contributed by atoms with E-state index in [0.717, 1.165) is 15.8 Å². The Hall–Kier alpha value is -1.62. The molecule has 2 aromatic rings. The summed E-state index contributed by atoms with van der Waals surface area (Å²) in [6.07, 6.45) is 3.34. The molecular formula is C13H13BrN2O2. The van der Waals surface area contributed by atoms with Crippen LogP contribution < -0.4 is 10.4 Å². The Morgan fingerprint density at radius 2 is 2.06 bits per heavy atom. The molecule has 0 unspecified atom stereocenters. The molecule has 1 heterocycles. The number of nitrogens with zero attached hydrogens (tertiary/aromatic N) is 2. The minimum absolute atomic E-state index is 0.250. The number of rotatable bonds is 4. The third-order valence-corrected chi connectivity index (χ3v) is 2.93. The minimum Gasteiger partial charge on any atom is -0.492 e. The SMILES string of the molecule is Cc1cnc(=O)n(CCOc2ccc(Br)cc2)c1. The van der Waals surface area contributed by atoms with Crippen molar-refractivity contribution in [3.63, 3.8) is 0 Å². The second-order valence-electron chi connectivity index (χ2n) is 3.91. The molecular weight excluding hydrogens is 296 g/mol. The van der Waals surface area contributed by atoms with Crippen molar-refractivity contribution in [2.24, 2.45) is 0 Å². The molecule has 0 amide bonds. The maximum atomic E-state index is 11.4. The number of aromatic nitrogens is 2. The van der Waals surface area contributed by atoms with E-state index in [4.69, 9.17) is 4.74 Å². The quantitative estimate of drug-likeness (QED) is 0.871. The van der Waals surface area contributed by atoms with E-state index in [0.29, 0.717) is 13.2 Å². The predicted octanol–water partition coefficient (Wildman–Crippen LogP) is 2.39. The predicted molar refractivity (Wildman–Crippen MR) is 72.9 cm³/mol. The number of benzene rings is 1. The number of halogens is 1. The first kappa shape index (κ1) is 12.8. The molecule has 0 atom stereocenters. The molecule has 1 aromatic carbocycles. The maximum absolute atomic E-state index is 11.4. The fourth-order valence-corrected chi connectivity index (χ4v) is 1.78. The van der Waals surface area contributed by atoms with Crippen LogP contribution in [0.4, 0.5) is 0 Å². The van der Waals surface area contributed by atoms with Crippen LogP contribution >= 0.6 is 15.9 Å². The first-order valence-corrected chi connectivity index (χ1v) is 6.36. The topological polar surface area (TPSA) is 44.1 Å². The van der Waals surface area contributed by atoms with Crippen LogP contribution in [0.2, 0.25) is 0 Å². The largest absolute Gasteiger partial charge is 0.492 e. The van der Waals surface area contributed by atoms with Crippen molar-refractivity contribution in [1.82, 2.24) is 9.55 Å². The lowest BCUT2D eigenvalue weighted by atomic mass is 10.3. The van der Waals surface area contributed by atoms with Crippen molar-refractivity contribution in [3.8, 4) is 5.75 Å². The van der Waals surface area contributed by atoms with Crippen LogP contribution in [0.25, 0.3) is 0 Å². The molecule has 4 nitrogen and oxygen atoms in total. The molecule has 0 N–H and O–H groups in total. The van der Waals surface area contributed by atoms with E-state index < -0.39 is 0 Å². The highest BCUT2D eigenvalue weighted by molar-refractivity contribution is 9.10. The van der Waals surface area contributed by atoms with Crippen LogP contribution in [-0.4, -0.2) is 16.2 Å². The van der Waals surface area contributed by atoms with Crippen LogP contribution in [0.5, 0.6) is 5.75 Å². The van der Waals surface area contributed by atoms with E-state index in [1.807, 2.05) is 31.2 Å². The zero-order chi connectivity index (χ0) is 13.0. The van der Waals surface area contributed by atoms with E-state index >= 15 is 0 Å². The van der Waals surface area contributed by atoms with Crippen molar-refractivity contribution in [2.45, 2.75) is 13.5 Å². The molecule has 0 aliphatic carbocycles. The summed E-state index contributed by atoms with van der Waals surface area (Å²) < 4.78 is 8.11. The Bertz CT molecular complexity index is 578. The van der Waals surface area contributed by atoms with Gasteiger partial charge in [0.05, 0.1) is 6.54 Å². The van der Waals surface area contributed by atoms with Crippen LogP contribution in [-0.2, 0) is 6.54 Å². The Balaban J connectivity index is 1.94. The summed E-state index contributed by atoms with van der Waals surface area (Å²) in [6, 6.07) is 7.58. The lowest BCUT2D eigenvalue weighted by Gasteiger charge is -2.08. The Kier molecular flexibility index (Phi) is 4.15. The van der Waals surface area contributed by atoms with Crippen molar-refractivity contribution < 1.29 is 4.74 Å². The van der Waals surface area contributed by atoms with Gasteiger partial charge >= 0.3 is 5.69 Å². The number of ether oxygens (including phenoxy) is 1. The van der Waals surface area contributed by atoms with E-state index in [1.54, 1.807) is 17.0 Å². The molecule has 0 saturated carbocycles. The molecule has 0 fully saturated rings. The molecule has 0 aliphatic rings. The van der Waals surface area contributed by atoms with Gasteiger partial charge < -0.3 is 4.74 Å².